The summed E-state index contributed by atoms with van der Waals surface area (Å²) < 4.78 is 0. The number of aliphatic hydroxyl groups excluding tert-OH is 1. The van der Waals surface area contributed by atoms with Crippen LogP contribution in [0.3, 0.4) is 0 Å². The molecule has 2 aromatic rings. The lowest BCUT2D eigenvalue weighted by Crippen LogP contribution is -1.96. The minimum atomic E-state index is -0.878. The Labute approximate surface area is 127 Å². The number of aliphatic hydroxyl groups is 1. The van der Waals surface area contributed by atoms with Crippen molar-refractivity contribution in [3.8, 4) is 0 Å². The summed E-state index contributed by atoms with van der Waals surface area (Å²) in [6.45, 7) is 10.0. The van der Waals surface area contributed by atoms with Gasteiger partial charge in [0.25, 0.3) is 0 Å². The van der Waals surface area contributed by atoms with E-state index in [0.717, 1.165) is 17.9 Å². The summed E-state index contributed by atoms with van der Waals surface area (Å²) in [5, 5.41) is 17.6. The van der Waals surface area contributed by atoms with Crippen LogP contribution in [0.15, 0.2) is 42.5 Å². The van der Waals surface area contributed by atoms with Gasteiger partial charge in [0.1, 0.15) is 6.79 Å². The third-order valence-electron chi connectivity index (χ3n) is 2.02. The molecule has 0 aliphatic rings. The normalized spacial score (nSPS) is 7.33. The van der Waals surface area contributed by atoms with E-state index in [0.29, 0.717) is 5.56 Å². The highest BCUT2D eigenvalue weighted by Crippen LogP contribution is 2.17. The predicted molar refractivity (Wildman–Crippen MR) is 88.9 cm³/mol. The zero-order valence-electron chi connectivity index (χ0n) is 13.5. The van der Waals surface area contributed by atoms with Crippen LogP contribution in [-0.4, -0.2) is 30.1 Å². The maximum atomic E-state index is 10.8. The van der Waals surface area contributed by atoms with Gasteiger partial charge in [-0.25, -0.2) is 4.79 Å². The summed E-state index contributed by atoms with van der Waals surface area (Å²) in [6.07, 6.45) is 0. The van der Waals surface area contributed by atoms with Gasteiger partial charge in [-0.15, -0.1) is 0 Å². The van der Waals surface area contributed by atoms with Crippen molar-refractivity contribution in [3.63, 3.8) is 0 Å². The van der Waals surface area contributed by atoms with E-state index in [1.54, 1.807) is 12.1 Å². The van der Waals surface area contributed by atoms with Gasteiger partial charge in [-0.05, 0) is 16.8 Å². The number of rotatable bonds is 1. The second kappa shape index (κ2) is 17.8. The molecule has 4 nitrogen and oxygen atoms in total. The third-order valence-corrected chi connectivity index (χ3v) is 2.02. The molecule has 0 heterocycles. The molecule has 118 valence electrons. The van der Waals surface area contributed by atoms with Gasteiger partial charge in [0.2, 0.25) is 0 Å². The quantitative estimate of drug-likeness (QED) is 0.833. The number of aromatic carboxylic acids is 1. The molecule has 0 atom stereocenters. The van der Waals surface area contributed by atoms with Crippen molar-refractivity contribution in [1.29, 1.82) is 0 Å². The maximum Gasteiger partial charge on any atom is 0.336 e. The molecular formula is C17H26O4. The van der Waals surface area contributed by atoms with Gasteiger partial charge in [0.15, 0.2) is 0 Å². The monoisotopic (exact) mass is 294 g/mol. The van der Waals surface area contributed by atoms with Gasteiger partial charge < -0.3 is 15.0 Å². The van der Waals surface area contributed by atoms with Gasteiger partial charge in [0.05, 0.1) is 5.56 Å². The Bertz CT molecular complexity index is 476. The minimum Gasteiger partial charge on any atom is -0.478 e. The Morgan fingerprint density at radius 3 is 1.76 bits per heavy atom. The van der Waals surface area contributed by atoms with Crippen LogP contribution < -0.4 is 0 Å². The molecule has 4 heteroatoms. The molecule has 0 unspecified atom stereocenters. The van der Waals surface area contributed by atoms with E-state index in [9.17, 15) is 4.79 Å². The SMILES string of the molecule is C=O.CC.CC.CO.O=C(O)c1cccc2ccccc12. The van der Waals surface area contributed by atoms with Crippen LogP contribution in [0.2, 0.25) is 0 Å². The van der Waals surface area contributed by atoms with Crippen molar-refractivity contribution in [2.75, 3.05) is 7.11 Å². The van der Waals surface area contributed by atoms with Gasteiger partial charge in [-0.1, -0.05) is 64.1 Å². The Morgan fingerprint density at radius 2 is 1.29 bits per heavy atom. The summed E-state index contributed by atoms with van der Waals surface area (Å²) >= 11 is 0. The lowest BCUT2D eigenvalue weighted by Gasteiger charge is -2.00. The molecule has 0 aliphatic carbocycles. The topological polar surface area (TPSA) is 74.6 Å². The zero-order valence-corrected chi connectivity index (χ0v) is 13.5. The van der Waals surface area contributed by atoms with E-state index in [4.69, 9.17) is 15.0 Å². The molecule has 0 saturated heterocycles. The minimum absolute atomic E-state index is 0.359. The first-order chi connectivity index (χ1) is 10.3. The second-order valence-electron chi connectivity index (χ2n) is 2.83. The third kappa shape index (κ3) is 8.55. The van der Waals surface area contributed by atoms with Gasteiger partial charge in [-0.2, -0.15) is 0 Å². The largest absolute Gasteiger partial charge is 0.478 e. The molecule has 2 N–H and O–H groups in total. The summed E-state index contributed by atoms with van der Waals surface area (Å²) in [7, 11) is 1.00. The molecule has 2 rings (SSSR count). The Hall–Kier alpha value is -2.20. The van der Waals surface area contributed by atoms with Crippen LogP contribution in [0.1, 0.15) is 38.1 Å². The van der Waals surface area contributed by atoms with Crippen molar-refractivity contribution in [1.82, 2.24) is 0 Å². The molecule has 0 aromatic heterocycles. The van der Waals surface area contributed by atoms with Gasteiger partial charge in [0, 0.05) is 7.11 Å². The zero-order chi connectivity index (χ0) is 17.3. The van der Waals surface area contributed by atoms with Crippen molar-refractivity contribution in [2.24, 2.45) is 0 Å². The summed E-state index contributed by atoms with van der Waals surface area (Å²) in [6, 6.07) is 12.7. The number of carbonyl (C=O) groups is 2. The van der Waals surface area contributed by atoms with Crippen molar-refractivity contribution in [2.45, 2.75) is 27.7 Å². The van der Waals surface area contributed by atoms with Gasteiger partial charge >= 0.3 is 5.97 Å². The summed E-state index contributed by atoms with van der Waals surface area (Å²) in [5.74, 6) is -0.878. The molecule has 0 amide bonds. The van der Waals surface area contributed by atoms with Crippen molar-refractivity contribution >= 4 is 23.5 Å². The number of carboxylic acids is 1. The second-order valence-corrected chi connectivity index (χ2v) is 2.83. The molecule has 0 aliphatic heterocycles. The van der Waals surface area contributed by atoms with Crippen LogP contribution in [-0.2, 0) is 4.79 Å². The Balaban J connectivity index is -0.000000353. The standard InChI is InChI=1S/C11H8O2.2C2H6.CH4O.CH2O/c12-11(13)10-7-3-5-8-4-1-2-6-9(8)10;4*1-2/h1-7H,(H,12,13);2*1-2H3;2H,1H3;1H2. The number of hydrogen-bond donors (Lipinski definition) is 2. The van der Waals surface area contributed by atoms with Crippen LogP contribution in [0, 0.1) is 0 Å². The summed E-state index contributed by atoms with van der Waals surface area (Å²) in [5.41, 5.74) is 0.359. The number of carboxylic acid groups (broad SMARTS) is 1. The van der Waals surface area contributed by atoms with E-state index < -0.39 is 5.97 Å². The fourth-order valence-electron chi connectivity index (χ4n) is 1.41. The fraction of sp³-hybridized carbons (Fsp3) is 0.294. The maximum absolute atomic E-state index is 10.8. The Kier molecular flexibility index (Phi) is 20.2. The highest BCUT2D eigenvalue weighted by Gasteiger charge is 2.05. The van der Waals surface area contributed by atoms with Crippen LogP contribution in [0.5, 0.6) is 0 Å². The molecule has 0 saturated carbocycles. The molecule has 2 aromatic carbocycles. The van der Waals surface area contributed by atoms with E-state index in [-0.39, 0.29) is 0 Å². The lowest BCUT2D eigenvalue weighted by atomic mass is 10.1. The number of hydrogen-bond acceptors (Lipinski definition) is 3. The first-order valence-corrected chi connectivity index (χ1v) is 6.73. The first-order valence-electron chi connectivity index (χ1n) is 6.73. The number of benzene rings is 2. The molecule has 21 heavy (non-hydrogen) atoms. The smallest absolute Gasteiger partial charge is 0.336 e. The summed E-state index contributed by atoms with van der Waals surface area (Å²) in [4.78, 5) is 18.8. The molecule has 0 bridgehead atoms. The van der Waals surface area contributed by atoms with Gasteiger partial charge in [-0.3, -0.25) is 0 Å². The van der Waals surface area contributed by atoms with Crippen molar-refractivity contribution < 1.29 is 19.8 Å². The molecule has 0 fully saturated rings. The first kappa shape index (κ1) is 23.9. The predicted octanol–water partition coefficient (Wildman–Crippen LogP) is 4.01. The average Bonchev–Trinajstić information content (AvgIpc) is 2.61. The molecule has 0 radical (unpaired) electrons. The average molecular weight is 294 g/mol. The van der Waals surface area contributed by atoms with Crippen LogP contribution in [0.25, 0.3) is 10.8 Å². The van der Waals surface area contributed by atoms with E-state index >= 15 is 0 Å². The van der Waals surface area contributed by atoms with Crippen LogP contribution >= 0.6 is 0 Å². The number of carbonyl (C=O) groups excluding carboxylic acids is 1. The Morgan fingerprint density at radius 1 is 0.857 bits per heavy atom. The van der Waals surface area contributed by atoms with E-state index in [1.165, 1.54) is 0 Å². The molecule has 0 spiro atoms. The van der Waals surface area contributed by atoms with E-state index in [2.05, 4.69) is 0 Å². The van der Waals surface area contributed by atoms with Crippen LogP contribution in [0.4, 0.5) is 0 Å². The molecular weight excluding hydrogens is 268 g/mol. The van der Waals surface area contributed by atoms with Crippen molar-refractivity contribution in [3.05, 3.63) is 48.0 Å². The fourth-order valence-corrected chi connectivity index (χ4v) is 1.41. The lowest BCUT2D eigenvalue weighted by molar-refractivity contribution is -0.0980. The highest BCUT2D eigenvalue weighted by molar-refractivity contribution is 6.03. The van der Waals surface area contributed by atoms with E-state index in [1.807, 2.05) is 64.8 Å². The highest BCUT2D eigenvalue weighted by atomic mass is 16.4. The number of fused-ring (bicyclic) bond motifs is 1.